The van der Waals surface area contributed by atoms with Crippen LogP contribution in [-0.2, 0) is 19.4 Å². The maximum absolute atomic E-state index is 12.7. The highest BCUT2D eigenvalue weighted by Crippen LogP contribution is 2.33. The lowest BCUT2D eigenvalue weighted by Crippen LogP contribution is -2.36. The number of benzene rings is 1. The number of amides is 1. The summed E-state index contributed by atoms with van der Waals surface area (Å²) in [5.74, 6) is 1.39. The number of hydrogen-bond donors (Lipinski definition) is 1. The highest BCUT2D eigenvalue weighted by atomic mass is 16.5. The van der Waals surface area contributed by atoms with E-state index in [4.69, 9.17) is 9.47 Å². The fourth-order valence-corrected chi connectivity index (χ4v) is 3.09. The molecule has 1 aromatic carbocycles. The van der Waals surface area contributed by atoms with Gasteiger partial charge >= 0.3 is 0 Å². The van der Waals surface area contributed by atoms with Gasteiger partial charge in [-0.2, -0.15) is 5.10 Å². The summed E-state index contributed by atoms with van der Waals surface area (Å²) in [4.78, 5) is 14.5. The lowest BCUT2D eigenvalue weighted by molar-refractivity contribution is 0.0728. The van der Waals surface area contributed by atoms with Gasteiger partial charge in [-0.25, -0.2) is 0 Å². The first-order valence-electron chi connectivity index (χ1n) is 8.23. The van der Waals surface area contributed by atoms with Crippen LogP contribution in [0.1, 0.15) is 40.7 Å². The maximum atomic E-state index is 12.7. The van der Waals surface area contributed by atoms with E-state index < -0.39 is 0 Å². The maximum Gasteiger partial charge on any atom is 0.274 e. The van der Waals surface area contributed by atoms with Crippen molar-refractivity contribution < 1.29 is 14.3 Å². The number of aromatic nitrogens is 2. The van der Waals surface area contributed by atoms with Crippen LogP contribution in [-0.4, -0.2) is 41.8 Å². The van der Waals surface area contributed by atoms with E-state index in [2.05, 4.69) is 17.1 Å². The van der Waals surface area contributed by atoms with Crippen molar-refractivity contribution in [3.05, 3.63) is 40.7 Å². The molecule has 128 valence electrons. The standard InChI is InChI=1S/C18H23N3O3/c1-4-5-14-10-15(20-19-14)18(22)21-7-6-12-8-16(23-2)17(24-3)9-13(12)11-21/h8-10H,4-7,11H2,1-3H3,(H,19,20). The van der Waals surface area contributed by atoms with Crippen LogP contribution in [0.2, 0.25) is 0 Å². The van der Waals surface area contributed by atoms with Crippen molar-refractivity contribution in [1.29, 1.82) is 0 Å². The molecular formula is C18H23N3O3. The Labute approximate surface area is 141 Å². The summed E-state index contributed by atoms with van der Waals surface area (Å²) >= 11 is 0. The molecule has 1 N–H and O–H groups in total. The molecule has 1 amide bonds. The van der Waals surface area contributed by atoms with E-state index in [9.17, 15) is 4.79 Å². The molecule has 0 aliphatic carbocycles. The molecule has 24 heavy (non-hydrogen) atoms. The molecule has 0 fully saturated rings. The second-order valence-corrected chi connectivity index (χ2v) is 5.98. The van der Waals surface area contributed by atoms with Crippen LogP contribution in [0.4, 0.5) is 0 Å². The van der Waals surface area contributed by atoms with Gasteiger partial charge in [-0.15, -0.1) is 0 Å². The molecule has 1 aliphatic heterocycles. The first-order valence-corrected chi connectivity index (χ1v) is 8.23. The van der Waals surface area contributed by atoms with Crippen molar-refractivity contribution in [3.63, 3.8) is 0 Å². The molecule has 2 heterocycles. The summed E-state index contributed by atoms with van der Waals surface area (Å²) < 4.78 is 10.7. The Hall–Kier alpha value is -2.50. The van der Waals surface area contributed by atoms with Crippen molar-refractivity contribution in [1.82, 2.24) is 15.1 Å². The summed E-state index contributed by atoms with van der Waals surface area (Å²) in [6, 6.07) is 5.82. The normalized spacial score (nSPS) is 13.5. The first-order chi connectivity index (χ1) is 11.7. The van der Waals surface area contributed by atoms with Gasteiger partial charge in [-0.3, -0.25) is 9.89 Å². The van der Waals surface area contributed by atoms with Crippen LogP contribution in [0.3, 0.4) is 0 Å². The van der Waals surface area contributed by atoms with Gasteiger partial charge in [0, 0.05) is 18.8 Å². The molecule has 6 heteroatoms. The van der Waals surface area contributed by atoms with Gasteiger partial charge in [0.2, 0.25) is 0 Å². The predicted molar refractivity (Wildman–Crippen MR) is 90.6 cm³/mol. The number of methoxy groups -OCH3 is 2. The van der Waals surface area contributed by atoms with Crippen molar-refractivity contribution in [2.75, 3.05) is 20.8 Å². The lowest BCUT2D eigenvalue weighted by atomic mass is 9.98. The van der Waals surface area contributed by atoms with Crippen LogP contribution in [0.25, 0.3) is 0 Å². The molecule has 2 aromatic rings. The molecule has 0 saturated heterocycles. The number of carbonyl (C=O) groups is 1. The Morgan fingerprint density at radius 3 is 2.58 bits per heavy atom. The van der Waals surface area contributed by atoms with E-state index in [0.717, 1.165) is 36.3 Å². The smallest absolute Gasteiger partial charge is 0.274 e. The summed E-state index contributed by atoms with van der Waals surface area (Å²) in [6.45, 7) is 3.34. The van der Waals surface area contributed by atoms with E-state index >= 15 is 0 Å². The fourth-order valence-electron chi connectivity index (χ4n) is 3.09. The van der Waals surface area contributed by atoms with Crippen LogP contribution in [0.15, 0.2) is 18.2 Å². The highest BCUT2D eigenvalue weighted by Gasteiger charge is 2.25. The SMILES string of the molecule is CCCc1cc(C(=O)N2CCc3cc(OC)c(OC)cc3C2)n[nH]1. The first kappa shape index (κ1) is 16.4. The Kier molecular flexibility index (Phi) is 4.74. The van der Waals surface area contributed by atoms with E-state index in [0.29, 0.717) is 24.5 Å². The largest absolute Gasteiger partial charge is 0.493 e. The lowest BCUT2D eigenvalue weighted by Gasteiger charge is -2.29. The minimum atomic E-state index is -0.0333. The molecule has 0 saturated carbocycles. The van der Waals surface area contributed by atoms with Crippen LogP contribution in [0, 0.1) is 0 Å². The average Bonchev–Trinajstić information content (AvgIpc) is 3.08. The molecular weight excluding hydrogens is 306 g/mol. The highest BCUT2D eigenvalue weighted by molar-refractivity contribution is 5.92. The zero-order valence-corrected chi connectivity index (χ0v) is 14.4. The zero-order chi connectivity index (χ0) is 17.1. The number of nitrogens with one attached hydrogen (secondary N) is 1. The molecule has 3 rings (SSSR count). The zero-order valence-electron chi connectivity index (χ0n) is 14.4. The summed E-state index contributed by atoms with van der Waals surface area (Å²) in [5.41, 5.74) is 3.79. The van der Waals surface area contributed by atoms with Crippen molar-refractivity contribution in [3.8, 4) is 11.5 Å². The third kappa shape index (κ3) is 3.09. The van der Waals surface area contributed by atoms with Gasteiger partial charge in [0.25, 0.3) is 5.91 Å². The number of carbonyl (C=O) groups excluding carboxylic acids is 1. The molecule has 0 radical (unpaired) electrons. The summed E-state index contributed by atoms with van der Waals surface area (Å²) in [5, 5.41) is 7.11. The molecule has 0 spiro atoms. The number of aryl methyl sites for hydroxylation is 1. The second kappa shape index (κ2) is 6.95. The minimum absolute atomic E-state index is 0.0333. The van der Waals surface area contributed by atoms with Gasteiger partial charge < -0.3 is 14.4 Å². The third-order valence-electron chi connectivity index (χ3n) is 4.37. The summed E-state index contributed by atoms with van der Waals surface area (Å²) in [6.07, 6.45) is 2.72. The number of nitrogens with zero attached hydrogens (tertiary/aromatic N) is 2. The van der Waals surface area contributed by atoms with Gasteiger partial charge in [0.05, 0.1) is 14.2 Å². The number of rotatable bonds is 5. The number of ether oxygens (including phenoxy) is 2. The molecule has 6 nitrogen and oxygen atoms in total. The quantitative estimate of drug-likeness (QED) is 0.915. The van der Waals surface area contributed by atoms with Crippen LogP contribution < -0.4 is 9.47 Å². The number of aromatic amines is 1. The Balaban J connectivity index is 1.79. The van der Waals surface area contributed by atoms with E-state index in [1.54, 1.807) is 14.2 Å². The van der Waals surface area contributed by atoms with E-state index in [-0.39, 0.29) is 5.91 Å². The van der Waals surface area contributed by atoms with Gasteiger partial charge in [0.1, 0.15) is 5.69 Å². The topological polar surface area (TPSA) is 67.5 Å². The fraction of sp³-hybridized carbons (Fsp3) is 0.444. The third-order valence-corrected chi connectivity index (χ3v) is 4.37. The van der Waals surface area contributed by atoms with E-state index in [1.807, 2.05) is 23.1 Å². The molecule has 1 aromatic heterocycles. The molecule has 1 aliphatic rings. The van der Waals surface area contributed by atoms with Crippen molar-refractivity contribution in [2.45, 2.75) is 32.7 Å². The van der Waals surface area contributed by atoms with Gasteiger partial charge in [0.15, 0.2) is 11.5 Å². The summed E-state index contributed by atoms with van der Waals surface area (Å²) in [7, 11) is 3.25. The van der Waals surface area contributed by atoms with Crippen molar-refractivity contribution >= 4 is 5.91 Å². The number of hydrogen-bond acceptors (Lipinski definition) is 4. The molecule has 0 bridgehead atoms. The monoisotopic (exact) mass is 329 g/mol. The Bertz CT molecular complexity index is 739. The van der Waals surface area contributed by atoms with Gasteiger partial charge in [-0.1, -0.05) is 13.3 Å². The van der Waals surface area contributed by atoms with Crippen molar-refractivity contribution in [2.24, 2.45) is 0 Å². The van der Waals surface area contributed by atoms with E-state index in [1.165, 1.54) is 5.56 Å². The number of fused-ring (bicyclic) bond motifs is 1. The average molecular weight is 329 g/mol. The Morgan fingerprint density at radius 1 is 1.21 bits per heavy atom. The predicted octanol–water partition coefficient (Wildman–Crippen LogP) is 2.58. The second-order valence-electron chi connectivity index (χ2n) is 5.98. The number of H-pyrrole nitrogens is 1. The van der Waals surface area contributed by atoms with Crippen LogP contribution in [0.5, 0.6) is 11.5 Å². The van der Waals surface area contributed by atoms with Crippen LogP contribution >= 0.6 is 0 Å². The van der Waals surface area contributed by atoms with Gasteiger partial charge in [-0.05, 0) is 42.2 Å². The Morgan fingerprint density at radius 2 is 1.92 bits per heavy atom. The minimum Gasteiger partial charge on any atom is -0.493 e. The molecule has 0 unspecified atom stereocenters. The molecule has 0 atom stereocenters.